The lowest BCUT2D eigenvalue weighted by molar-refractivity contribution is -0.137. The van der Waals surface area contributed by atoms with Crippen molar-refractivity contribution in [3.05, 3.63) is 63.5 Å². The van der Waals surface area contributed by atoms with E-state index in [0.29, 0.717) is 35.4 Å². The lowest BCUT2D eigenvalue weighted by Gasteiger charge is -2.33. The highest BCUT2D eigenvalue weighted by Gasteiger charge is 2.38. The highest BCUT2D eigenvalue weighted by Crippen LogP contribution is 2.41. The van der Waals surface area contributed by atoms with Crippen LogP contribution in [0.25, 0.3) is 0 Å². The Morgan fingerprint density at radius 2 is 1.69 bits per heavy atom. The monoisotopic (exact) mass is 447 g/mol. The fourth-order valence-corrected chi connectivity index (χ4v) is 4.33. The molecule has 2 aromatic rings. The third-order valence-electron chi connectivity index (χ3n) is 5.92. The normalized spacial score (nSPS) is 16.8. The van der Waals surface area contributed by atoms with Crippen LogP contribution in [0.15, 0.2) is 24.3 Å². The second-order valence-electron chi connectivity index (χ2n) is 9.49. The number of Topliss-reactive ketones (excluding diaryl/α,β-unsaturated/α-hetero) is 1. The summed E-state index contributed by atoms with van der Waals surface area (Å²) in [6.45, 7) is 9.56. The summed E-state index contributed by atoms with van der Waals surface area (Å²) in [7, 11) is 1.50. The maximum absolute atomic E-state index is 13.6. The minimum atomic E-state index is -4.49. The molecule has 0 bridgehead atoms. The average molecular weight is 447 g/mol. The Morgan fingerprint density at radius 1 is 1.09 bits per heavy atom. The lowest BCUT2D eigenvalue weighted by Crippen LogP contribution is -2.31. The SMILES string of the molecule is COC(C)c1nc2c(c(C(C)C)c1C(=O)c1ccc(C(F)(F)F)cc1)C(=O)CC(C)(C)C2. The Bertz CT molecular complexity index is 1050. The molecule has 1 aromatic heterocycles. The molecule has 7 heteroatoms. The molecule has 1 aliphatic carbocycles. The summed E-state index contributed by atoms with van der Waals surface area (Å²) < 4.78 is 44.4. The molecule has 0 spiro atoms. The molecule has 32 heavy (non-hydrogen) atoms. The van der Waals surface area contributed by atoms with Gasteiger partial charge < -0.3 is 4.74 Å². The molecule has 0 saturated carbocycles. The van der Waals surface area contributed by atoms with Crippen molar-refractivity contribution in [3.8, 4) is 0 Å². The molecule has 4 nitrogen and oxygen atoms in total. The van der Waals surface area contributed by atoms with E-state index in [0.717, 1.165) is 12.1 Å². The first kappa shape index (κ1) is 24.1. The zero-order valence-corrected chi connectivity index (χ0v) is 19.2. The van der Waals surface area contributed by atoms with Gasteiger partial charge >= 0.3 is 6.18 Å². The average Bonchev–Trinajstić information content (AvgIpc) is 2.69. The molecule has 172 valence electrons. The smallest absolute Gasteiger partial charge is 0.375 e. The predicted molar refractivity (Wildman–Crippen MR) is 115 cm³/mol. The Balaban J connectivity index is 2.27. The van der Waals surface area contributed by atoms with E-state index in [4.69, 9.17) is 9.72 Å². The van der Waals surface area contributed by atoms with Gasteiger partial charge in [-0.05, 0) is 42.4 Å². The van der Waals surface area contributed by atoms with Crippen LogP contribution >= 0.6 is 0 Å². The molecule has 1 heterocycles. The number of hydrogen-bond donors (Lipinski definition) is 0. The van der Waals surface area contributed by atoms with Gasteiger partial charge in [-0.3, -0.25) is 14.6 Å². The van der Waals surface area contributed by atoms with Crippen LogP contribution in [0.1, 0.15) is 102 Å². The summed E-state index contributed by atoms with van der Waals surface area (Å²) in [4.78, 5) is 31.5. The minimum absolute atomic E-state index is 0.0643. The van der Waals surface area contributed by atoms with Crippen LogP contribution in [0.2, 0.25) is 0 Å². The van der Waals surface area contributed by atoms with Gasteiger partial charge in [-0.1, -0.05) is 39.8 Å². The number of carbonyl (C=O) groups excluding carboxylic acids is 2. The number of ketones is 2. The second kappa shape index (κ2) is 8.43. The Labute approximate surface area is 186 Å². The first-order valence-electron chi connectivity index (χ1n) is 10.6. The van der Waals surface area contributed by atoms with Crippen molar-refractivity contribution in [3.63, 3.8) is 0 Å². The largest absolute Gasteiger partial charge is 0.416 e. The van der Waals surface area contributed by atoms with Gasteiger partial charge in [0, 0.05) is 24.7 Å². The van der Waals surface area contributed by atoms with Crippen molar-refractivity contribution in [1.82, 2.24) is 4.98 Å². The van der Waals surface area contributed by atoms with Crippen LogP contribution in [0, 0.1) is 5.41 Å². The van der Waals surface area contributed by atoms with Crippen molar-refractivity contribution >= 4 is 11.6 Å². The summed E-state index contributed by atoms with van der Waals surface area (Å²) >= 11 is 0. The van der Waals surface area contributed by atoms with E-state index in [2.05, 4.69) is 0 Å². The zero-order chi connectivity index (χ0) is 24.0. The second-order valence-corrected chi connectivity index (χ2v) is 9.49. The van der Waals surface area contributed by atoms with Gasteiger partial charge in [0.15, 0.2) is 11.6 Å². The third-order valence-corrected chi connectivity index (χ3v) is 5.92. The molecule has 3 rings (SSSR count). The van der Waals surface area contributed by atoms with Crippen molar-refractivity contribution < 1.29 is 27.5 Å². The molecule has 0 aliphatic heterocycles. The van der Waals surface area contributed by atoms with E-state index in [1.54, 1.807) is 6.92 Å². The van der Waals surface area contributed by atoms with Crippen LogP contribution in [-0.4, -0.2) is 23.7 Å². The number of hydrogen-bond acceptors (Lipinski definition) is 4. The van der Waals surface area contributed by atoms with Gasteiger partial charge in [-0.2, -0.15) is 13.2 Å². The highest BCUT2D eigenvalue weighted by molar-refractivity contribution is 6.13. The molecule has 1 unspecified atom stereocenters. The molecule has 0 fully saturated rings. The first-order chi connectivity index (χ1) is 14.8. The summed E-state index contributed by atoms with van der Waals surface area (Å²) in [5, 5.41) is 0. The number of alkyl halides is 3. The van der Waals surface area contributed by atoms with Gasteiger partial charge in [-0.15, -0.1) is 0 Å². The van der Waals surface area contributed by atoms with Crippen molar-refractivity contribution in [2.24, 2.45) is 5.41 Å². The molecule has 0 saturated heterocycles. The topological polar surface area (TPSA) is 56.3 Å². The molecule has 0 radical (unpaired) electrons. The van der Waals surface area contributed by atoms with Crippen LogP contribution in [-0.2, 0) is 17.3 Å². The fraction of sp³-hybridized carbons (Fsp3) is 0.480. The van der Waals surface area contributed by atoms with Crippen molar-refractivity contribution in [2.75, 3.05) is 7.11 Å². The number of aromatic nitrogens is 1. The van der Waals surface area contributed by atoms with Crippen molar-refractivity contribution in [1.29, 1.82) is 0 Å². The minimum Gasteiger partial charge on any atom is -0.375 e. The van der Waals surface area contributed by atoms with Gasteiger partial charge in [0.1, 0.15) is 0 Å². The number of pyridine rings is 1. The van der Waals surface area contributed by atoms with E-state index in [-0.39, 0.29) is 28.2 Å². The van der Waals surface area contributed by atoms with Crippen LogP contribution in [0.3, 0.4) is 0 Å². The molecule has 1 aliphatic rings. The molecular formula is C25H28F3NO3. The van der Waals surface area contributed by atoms with E-state index in [1.807, 2.05) is 27.7 Å². The number of benzene rings is 1. The fourth-order valence-electron chi connectivity index (χ4n) is 4.33. The number of halogens is 3. The Kier molecular flexibility index (Phi) is 6.35. The Hall–Kier alpha value is -2.54. The number of fused-ring (bicyclic) bond motifs is 1. The lowest BCUT2D eigenvalue weighted by atomic mass is 9.72. The predicted octanol–water partition coefficient (Wildman–Crippen LogP) is 6.32. The maximum atomic E-state index is 13.6. The van der Waals surface area contributed by atoms with Crippen LogP contribution < -0.4 is 0 Å². The summed E-state index contributed by atoms with van der Waals surface area (Å²) in [6, 6.07) is 4.12. The van der Waals surface area contributed by atoms with E-state index in [9.17, 15) is 22.8 Å². The summed E-state index contributed by atoms with van der Waals surface area (Å²) in [6.07, 6.45) is -4.10. The van der Waals surface area contributed by atoms with Gasteiger partial charge in [0.25, 0.3) is 0 Å². The highest BCUT2D eigenvalue weighted by atomic mass is 19.4. The maximum Gasteiger partial charge on any atom is 0.416 e. The molecule has 1 atom stereocenters. The van der Waals surface area contributed by atoms with Crippen LogP contribution in [0.4, 0.5) is 13.2 Å². The number of carbonyl (C=O) groups is 2. The van der Waals surface area contributed by atoms with Crippen LogP contribution in [0.5, 0.6) is 0 Å². The quantitative estimate of drug-likeness (QED) is 0.504. The third kappa shape index (κ3) is 4.49. The first-order valence-corrected chi connectivity index (χ1v) is 10.6. The number of methoxy groups -OCH3 is 1. The summed E-state index contributed by atoms with van der Waals surface area (Å²) in [5.74, 6) is -0.701. The molecule has 0 N–H and O–H groups in total. The van der Waals surface area contributed by atoms with Gasteiger partial charge in [0.05, 0.1) is 28.6 Å². The Morgan fingerprint density at radius 3 is 2.19 bits per heavy atom. The van der Waals surface area contributed by atoms with E-state index in [1.165, 1.54) is 19.2 Å². The number of rotatable bonds is 5. The van der Waals surface area contributed by atoms with E-state index >= 15 is 0 Å². The standard InChI is InChI=1S/C25H28F3NO3/c1-13(2)19-20-17(11-24(4,5)12-18(20)30)29-22(14(3)32-6)21(19)23(31)15-7-9-16(10-8-15)25(26,27)28/h7-10,13-14H,11-12H2,1-6H3. The molecular weight excluding hydrogens is 419 g/mol. The van der Waals surface area contributed by atoms with Crippen molar-refractivity contribution in [2.45, 2.75) is 65.7 Å². The van der Waals surface area contributed by atoms with E-state index < -0.39 is 23.6 Å². The van der Waals surface area contributed by atoms with Gasteiger partial charge in [0.2, 0.25) is 0 Å². The number of ether oxygens (including phenoxy) is 1. The summed E-state index contributed by atoms with van der Waals surface area (Å²) in [5.41, 5.74) is 1.40. The molecule has 0 amide bonds. The molecule has 1 aromatic carbocycles. The zero-order valence-electron chi connectivity index (χ0n) is 19.2. The number of nitrogens with zero attached hydrogens (tertiary/aromatic N) is 1. The van der Waals surface area contributed by atoms with Gasteiger partial charge in [-0.25, -0.2) is 0 Å².